The van der Waals surface area contributed by atoms with Gasteiger partial charge in [0.1, 0.15) is 30.4 Å². The van der Waals surface area contributed by atoms with Gasteiger partial charge in [-0.3, -0.25) is 42.6 Å². The van der Waals surface area contributed by atoms with E-state index in [9.17, 15) is 42.0 Å². The highest BCUT2D eigenvalue weighted by molar-refractivity contribution is 7.86. The van der Waals surface area contributed by atoms with E-state index in [0.29, 0.717) is 44.0 Å². The van der Waals surface area contributed by atoms with Crippen molar-refractivity contribution in [3.63, 3.8) is 0 Å². The summed E-state index contributed by atoms with van der Waals surface area (Å²) in [6.07, 6.45) is 3.22. The van der Waals surface area contributed by atoms with Gasteiger partial charge in [0.15, 0.2) is 5.60 Å². The van der Waals surface area contributed by atoms with Gasteiger partial charge in [-0.1, -0.05) is 100 Å². The molecular formula is C52H77N9O12S. The molecule has 21 nitrogen and oxygen atoms in total. The second-order valence-electron chi connectivity index (χ2n) is 19.9. The number of carbonyl (C=O) groups excluding carboxylic acids is 7. The molecule has 6 atom stereocenters. The van der Waals surface area contributed by atoms with Crippen LogP contribution >= 0.6 is 0 Å². The summed E-state index contributed by atoms with van der Waals surface area (Å²) in [6, 6.07) is 13.5. The number of carbonyl (C=O) groups is 7. The molecule has 0 saturated carbocycles. The third-order valence-corrected chi connectivity index (χ3v) is 12.9. The third kappa shape index (κ3) is 21.4. The van der Waals surface area contributed by atoms with Crippen molar-refractivity contribution >= 4 is 51.4 Å². The number of Topliss-reactive ketones (excluding diaryl/α,β-unsaturated/α-hetero) is 1. The van der Waals surface area contributed by atoms with Gasteiger partial charge in [-0.15, -0.1) is 5.10 Å². The van der Waals surface area contributed by atoms with Gasteiger partial charge < -0.3 is 36.1 Å². The fourth-order valence-corrected chi connectivity index (χ4v) is 8.48. The largest absolute Gasteiger partial charge is 0.449 e. The van der Waals surface area contributed by atoms with Crippen LogP contribution in [0.25, 0.3) is 0 Å². The van der Waals surface area contributed by atoms with Crippen molar-refractivity contribution in [1.82, 2.24) is 46.5 Å². The van der Waals surface area contributed by atoms with Crippen LogP contribution in [0.15, 0.2) is 66.9 Å². The second-order valence-corrected chi connectivity index (χ2v) is 21.6. The minimum atomic E-state index is -4.20. The number of nitrogens with zero attached hydrogens (tertiary/aromatic N) is 4. The first-order valence-corrected chi connectivity index (χ1v) is 27.2. The topological polar surface area (TPSA) is 275 Å². The number of aryl methyl sites for hydroxylation is 1. The first-order chi connectivity index (χ1) is 35.0. The number of rotatable bonds is 31. The van der Waals surface area contributed by atoms with E-state index >= 15 is 0 Å². The lowest BCUT2D eigenvalue weighted by molar-refractivity contribution is -0.170. The highest BCUT2D eigenvalue weighted by Crippen LogP contribution is 2.22. The van der Waals surface area contributed by atoms with Crippen molar-refractivity contribution in [2.75, 3.05) is 45.7 Å². The smallest absolute Gasteiger partial charge is 0.307 e. The van der Waals surface area contributed by atoms with Crippen LogP contribution in [0.2, 0.25) is 0 Å². The number of amides is 5. The molecule has 2 unspecified atom stereocenters. The zero-order valence-electron chi connectivity index (χ0n) is 44.1. The maximum Gasteiger partial charge on any atom is 0.307 e. The molecule has 2 aromatic carbocycles. The van der Waals surface area contributed by atoms with E-state index in [0.717, 1.165) is 18.2 Å². The SMILES string of the molecule is CCC(C)n1cc(CNC(=O)CCC(=O)OC(C)(COS(C)(=O)=O)C(=O)[C@H](CC(C)C)NC(=O)[C@H](Cc2ccccc2)NC(=O)[C@H](CC(C)C)NC(=O)[C@H](CCc2ccccc2)NC(=O)CN2CCOCC2)nn1. The fourth-order valence-electron chi connectivity index (χ4n) is 8.04. The van der Waals surface area contributed by atoms with E-state index in [-0.39, 0.29) is 69.0 Å². The van der Waals surface area contributed by atoms with E-state index in [2.05, 4.69) is 36.9 Å². The van der Waals surface area contributed by atoms with E-state index < -0.39 is 88.3 Å². The van der Waals surface area contributed by atoms with Crippen LogP contribution in [-0.2, 0) is 76.7 Å². The van der Waals surface area contributed by atoms with Gasteiger partial charge in [0.2, 0.25) is 35.3 Å². The summed E-state index contributed by atoms with van der Waals surface area (Å²) in [5.74, 6) is -5.27. The number of morpholine rings is 1. The highest BCUT2D eigenvalue weighted by atomic mass is 32.2. The van der Waals surface area contributed by atoms with Crippen LogP contribution in [0.1, 0.15) is 110 Å². The van der Waals surface area contributed by atoms with Crippen LogP contribution in [0.4, 0.5) is 0 Å². The molecule has 1 aromatic heterocycles. The highest BCUT2D eigenvalue weighted by Gasteiger charge is 2.44. The predicted molar refractivity (Wildman–Crippen MR) is 275 cm³/mol. The number of benzene rings is 2. The van der Waals surface area contributed by atoms with Gasteiger partial charge in [-0.05, 0) is 68.9 Å². The molecule has 0 aliphatic carbocycles. The first kappa shape index (κ1) is 60.5. The Morgan fingerprint density at radius 2 is 1.31 bits per heavy atom. The van der Waals surface area contributed by atoms with Crippen molar-refractivity contribution in [3.05, 3.63) is 83.7 Å². The number of esters is 1. The summed E-state index contributed by atoms with van der Waals surface area (Å²) in [5, 5.41) is 22.1. The van der Waals surface area contributed by atoms with Gasteiger partial charge in [-0.25, -0.2) is 4.68 Å². The van der Waals surface area contributed by atoms with Gasteiger partial charge in [-0.2, -0.15) is 8.42 Å². The summed E-state index contributed by atoms with van der Waals surface area (Å²) >= 11 is 0. The average molecular weight is 1050 g/mol. The maximum atomic E-state index is 14.7. The van der Waals surface area contributed by atoms with Crippen LogP contribution in [0.3, 0.4) is 0 Å². The fraction of sp³-hybridized carbons (Fsp3) is 0.596. The lowest BCUT2D eigenvalue weighted by Gasteiger charge is -2.33. The van der Waals surface area contributed by atoms with Crippen molar-refractivity contribution in [1.29, 1.82) is 0 Å². The lowest BCUT2D eigenvalue weighted by Crippen LogP contribution is -2.60. The van der Waals surface area contributed by atoms with Gasteiger partial charge in [0.05, 0.1) is 57.3 Å². The molecule has 0 bridgehead atoms. The van der Waals surface area contributed by atoms with Crippen molar-refractivity contribution < 1.29 is 55.6 Å². The molecule has 1 saturated heterocycles. The van der Waals surface area contributed by atoms with Crippen molar-refractivity contribution in [2.45, 2.75) is 142 Å². The minimum Gasteiger partial charge on any atom is -0.449 e. The molecule has 5 amide bonds. The Morgan fingerprint density at radius 1 is 0.743 bits per heavy atom. The number of hydrogen-bond donors (Lipinski definition) is 5. The quantitative estimate of drug-likeness (QED) is 0.0458. The summed E-state index contributed by atoms with van der Waals surface area (Å²) in [6.45, 7) is 13.7. The zero-order valence-corrected chi connectivity index (χ0v) is 44.9. The zero-order chi connectivity index (χ0) is 54.4. The van der Waals surface area contributed by atoms with E-state index in [1.165, 1.54) is 6.92 Å². The second kappa shape index (κ2) is 29.7. The summed E-state index contributed by atoms with van der Waals surface area (Å²) < 4.78 is 42.4. The molecule has 2 heterocycles. The molecule has 5 N–H and O–H groups in total. The predicted octanol–water partition coefficient (Wildman–Crippen LogP) is 2.73. The number of ether oxygens (including phenoxy) is 2. The van der Waals surface area contributed by atoms with E-state index in [1.807, 2.05) is 62.9 Å². The van der Waals surface area contributed by atoms with E-state index in [4.69, 9.17) is 13.7 Å². The number of ketones is 1. The lowest BCUT2D eigenvalue weighted by atomic mass is 9.89. The number of aromatic nitrogens is 3. The van der Waals surface area contributed by atoms with E-state index in [1.54, 1.807) is 55.1 Å². The minimum absolute atomic E-state index is 0.0136. The Morgan fingerprint density at radius 3 is 1.92 bits per heavy atom. The van der Waals surface area contributed by atoms with Crippen molar-refractivity contribution in [2.24, 2.45) is 11.8 Å². The molecule has 0 radical (unpaired) electrons. The van der Waals surface area contributed by atoms with Crippen LogP contribution in [0.5, 0.6) is 0 Å². The monoisotopic (exact) mass is 1050 g/mol. The Balaban J connectivity index is 1.55. The Bertz CT molecular complexity index is 2420. The van der Waals surface area contributed by atoms with Crippen molar-refractivity contribution in [3.8, 4) is 0 Å². The van der Waals surface area contributed by atoms with Crippen LogP contribution in [0, 0.1) is 11.8 Å². The Kier molecular flexibility index (Phi) is 24.3. The molecule has 4 rings (SSSR count). The molecule has 0 spiro atoms. The molecule has 3 aromatic rings. The standard InChI is InChI=1S/C52H77N9O12S/c1-9-37(6)61-32-40(58-59-61)31-53-45(62)22-23-47(64)73-52(7,34-72-74(8,69)70)48(65)42(28-35(2)3)55-51(68)44(30-39-18-14-11-15-19-39)57-50(67)43(29-36(4)5)56-49(66)41(21-20-38-16-12-10-13-17-38)54-46(63)33-60-24-26-71-27-25-60/h10-19,32,35-37,41-44H,9,20-31,33-34H2,1-8H3,(H,53,62)(H,54,63)(H,55,68)(H,56,66)(H,57,67)/t37?,41-,42-,43-,44-,52?/m0/s1. The summed E-state index contributed by atoms with van der Waals surface area (Å²) in [5.41, 5.74) is -0.193. The Hall–Kier alpha value is -6.10. The maximum absolute atomic E-state index is 14.7. The van der Waals surface area contributed by atoms with Crippen LogP contribution in [-0.4, -0.2) is 145 Å². The normalized spacial score (nSPS) is 15.9. The van der Waals surface area contributed by atoms with Gasteiger partial charge >= 0.3 is 5.97 Å². The first-order valence-electron chi connectivity index (χ1n) is 25.4. The molecule has 74 heavy (non-hydrogen) atoms. The third-order valence-electron chi connectivity index (χ3n) is 12.3. The number of nitrogens with one attached hydrogen (secondary N) is 5. The average Bonchev–Trinajstić information content (AvgIpc) is 3.84. The summed E-state index contributed by atoms with van der Waals surface area (Å²) in [4.78, 5) is 99.5. The number of hydrogen-bond acceptors (Lipinski definition) is 15. The summed E-state index contributed by atoms with van der Waals surface area (Å²) in [7, 11) is -4.20. The van der Waals surface area contributed by atoms with Crippen LogP contribution < -0.4 is 26.6 Å². The van der Waals surface area contributed by atoms with Gasteiger partial charge in [0, 0.05) is 25.9 Å². The Labute approximate surface area is 435 Å². The molecule has 1 fully saturated rings. The van der Waals surface area contributed by atoms with Gasteiger partial charge in [0.25, 0.3) is 10.1 Å². The molecule has 408 valence electrons. The molecule has 1 aliphatic heterocycles. The molecule has 22 heteroatoms. The molecular weight excluding hydrogens is 975 g/mol. The molecule has 1 aliphatic rings.